The average molecular weight is 337 g/mol. The number of ether oxygens (including phenoxy) is 2. The molecule has 2 aromatic carbocycles. The summed E-state index contributed by atoms with van der Waals surface area (Å²) < 4.78 is 10.7. The number of rotatable bonds is 7. The zero-order valence-corrected chi connectivity index (χ0v) is 14.2. The van der Waals surface area contributed by atoms with Crippen molar-refractivity contribution in [1.29, 1.82) is 5.26 Å². The number of nitrogens with zero attached hydrogens (tertiary/aromatic N) is 2. The molecule has 2 rings (SSSR count). The summed E-state index contributed by atoms with van der Waals surface area (Å²) in [5.74, 6) is 0.940. The van der Waals surface area contributed by atoms with E-state index >= 15 is 0 Å². The van der Waals surface area contributed by atoms with Gasteiger partial charge in [-0.15, -0.1) is 0 Å². The number of benzene rings is 2. The van der Waals surface area contributed by atoms with E-state index in [2.05, 4.69) is 10.5 Å². The van der Waals surface area contributed by atoms with E-state index in [1.54, 1.807) is 31.2 Å². The van der Waals surface area contributed by atoms with Crippen LogP contribution in [0.3, 0.4) is 0 Å². The first-order valence-electron chi connectivity index (χ1n) is 7.81. The van der Waals surface area contributed by atoms with Crippen LogP contribution in [0.2, 0.25) is 0 Å². The van der Waals surface area contributed by atoms with E-state index in [-0.39, 0.29) is 12.5 Å². The van der Waals surface area contributed by atoms with Crippen LogP contribution in [-0.4, -0.2) is 24.8 Å². The van der Waals surface area contributed by atoms with E-state index in [0.29, 0.717) is 23.6 Å². The predicted molar refractivity (Wildman–Crippen MR) is 94.6 cm³/mol. The van der Waals surface area contributed by atoms with Crippen LogP contribution < -0.4 is 14.9 Å². The number of nitriles is 1. The number of hydrogen-bond donors (Lipinski definition) is 1. The van der Waals surface area contributed by atoms with Crippen molar-refractivity contribution in [3.63, 3.8) is 0 Å². The molecule has 0 atom stereocenters. The maximum Gasteiger partial charge on any atom is 0.277 e. The lowest BCUT2D eigenvalue weighted by Crippen LogP contribution is -2.25. The molecule has 6 nitrogen and oxygen atoms in total. The van der Waals surface area contributed by atoms with Gasteiger partial charge in [0.2, 0.25) is 0 Å². The van der Waals surface area contributed by atoms with Gasteiger partial charge in [-0.3, -0.25) is 4.79 Å². The fourth-order valence-electron chi connectivity index (χ4n) is 1.98. The zero-order chi connectivity index (χ0) is 18.1. The molecule has 0 saturated heterocycles. The summed E-state index contributed by atoms with van der Waals surface area (Å²) in [5, 5.41) is 12.8. The molecule has 0 saturated carbocycles. The van der Waals surface area contributed by atoms with Gasteiger partial charge >= 0.3 is 0 Å². The Morgan fingerprint density at radius 1 is 1.08 bits per heavy atom. The third-order valence-electron chi connectivity index (χ3n) is 3.28. The molecule has 0 bridgehead atoms. The highest BCUT2D eigenvalue weighted by Gasteiger charge is 2.04. The van der Waals surface area contributed by atoms with E-state index in [9.17, 15) is 4.79 Å². The minimum absolute atomic E-state index is 0.161. The summed E-state index contributed by atoms with van der Waals surface area (Å²) in [6, 6.07) is 16.0. The van der Waals surface area contributed by atoms with Crippen LogP contribution in [0.5, 0.6) is 11.5 Å². The normalized spacial score (nSPS) is 10.7. The van der Waals surface area contributed by atoms with Crippen LogP contribution in [0, 0.1) is 11.3 Å². The van der Waals surface area contributed by atoms with Gasteiger partial charge < -0.3 is 9.47 Å². The molecule has 1 amide bonds. The zero-order valence-electron chi connectivity index (χ0n) is 14.2. The SMILES string of the molecule is CCOc1ccc(/C(C)=N\NC(=O)COc2ccc(C#N)cc2)cc1. The van der Waals surface area contributed by atoms with E-state index in [1.165, 1.54) is 0 Å². The summed E-state index contributed by atoms with van der Waals surface area (Å²) in [6.07, 6.45) is 0. The Labute approximate surface area is 146 Å². The van der Waals surface area contributed by atoms with Gasteiger partial charge in [0.15, 0.2) is 6.61 Å². The van der Waals surface area contributed by atoms with E-state index in [0.717, 1.165) is 11.3 Å². The van der Waals surface area contributed by atoms with Gasteiger partial charge in [0, 0.05) is 0 Å². The topological polar surface area (TPSA) is 83.7 Å². The van der Waals surface area contributed by atoms with Crippen LogP contribution in [0.25, 0.3) is 0 Å². The van der Waals surface area contributed by atoms with Gasteiger partial charge in [-0.1, -0.05) is 0 Å². The van der Waals surface area contributed by atoms with Crippen molar-refractivity contribution >= 4 is 11.6 Å². The van der Waals surface area contributed by atoms with E-state index in [4.69, 9.17) is 14.7 Å². The number of carbonyl (C=O) groups excluding carboxylic acids is 1. The molecule has 0 fully saturated rings. The van der Waals surface area contributed by atoms with Gasteiger partial charge in [-0.05, 0) is 67.9 Å². The number of hydrogen-bond acceptors (Lipinski definition) is 5. The molecule has 0 aliphatic heterocycles. The van der Waals surface area contributed by atoms with Crippen LogP contribution >= 0.6 is 0 Å². The van der Waals surface area contributed by atoms with Crippen molar-refractivity contribution in [3.05, 3.63) is 59.7 Å². The smallest absolute Gasteiger partial charge is 0.277 e. The Morgan fingerprint density at radius 3 is 2.28 bits per heavy atom. The summed E-state index contributed by atoms with van der Waals surface area (Å²) in [7, 11) is 0. The van der Waals surface area contributed by atoms with E-state index in [1.807, 2.05) is 37.3 Å². The van der Waals surface area contributed by atoms with Crippen LogP contribution in [0.1, 0.15) is 25.0 Å². The molecule has 6 heteroatoms. The van der Waals surface area contributed by atoms with Crippen LogP contribution in [-0.2, 0) is 4.79 Å². The molecular formula is C19H19N3O3. The minimum atomic E-state index is -0.366. The molecular weight excluding hydrogens is 318 g/mol. The molecule has 25 heavy (non-hydrogen) atoms. The highest BCUT2D eigenvalue weighted by atomic mass is 16.5. The van der Waals surface area contributed by atoms with Crippen molar-refractivity contribution in [3.8, 4) is 17.6 Å². The van der Waals surface area contributed by atoms with Gasteiger partial charge in [0.25, 0.3) is 5.91 Å². The molecule has 128 valence electrons. The van der Waals surface area contributed by atoms with Gasteiger partial charge in [0.05, 0.1) is 24.0 Å². The molecule has 0 aromatic heterocycles. The number of amides is 1. The monoisotopic (exact) mass is 337 g/mol. The predicted octanol–water partition coefficient (Wildman–Crippen LogP) is 2.88. The molecule has 0 heterocycles. The molecule has 1 N–H and O–H groups in total. The summed E-state index contributed by atoms with van der Waals surface area (Å²) in [6.45, 7) is 4.18. The highest BCUT2D eigenvalue weighted by molar-refractivity contribution is 5.99. The first kappa shape index (κ1) is 18.0. The standard InChI is InChI=1S/C19H19N3O3/c1-3-24-17-10-6-16(7-11-17)14(2)21-22-19(23)13-25-18-8-4-15(12-20)5-9-18/h4-11H,3,13H2,1-2H3,(H,22,23)/b21-14-. The van der Waals surface area contributed by atoms with Crippen molar-refractivity contribution in [2.45, 2.75) is 13.8 Å². The number of nitrogens with one attached hydrogen (secondary N) is 1. The van der Waals surface area contributed by atoms with Crippen molar-refractivity contribution in [1.82, 2.24) is 5.43 Å². The Balaban J connectivity index is 1.84. The summed E-state index contributed by atoms with van der Waals surface area (Å²) in [4.78, 5) is 11.8. The Bertz CT molecular complexity index is 775. The second-order valence-corrected chi connectivity index (χ2v) is 5.11. The summed E-state index contributed by atoms with van der Waals surface area (Å²) in [5.41, 5.74) is 4.55. The Hall–Kier alpha value is -3.33. The Morgan fingerprint density at radius 2 is 1.68 bits per heavy atom. The first-order chi connectivity index (χ1) is 12.1. The second kappa shape index (κ2) is 9.08. The molecule has 0 unspecified atom stereocenters. The Kier molecular flexibility index (Phi) is 6.55. The van der Waals surface area contributed by atoms with Gasteiger partial charge in [-0.2, -0.15) is 10.4 Å². The maximum atomic E-state index is 11.8. The minimum Gasteiger partial charge on any atom is -0.494 e. The lowest BCUT2D eigenvalue weighted by Gasteiger charge is -2.07. The lowest BCUT2D eigenvalue weighted by molar-refractivity contribution is -0.123. The fourth-order valence-corrected chi connectivity index (χ4v) is 1.98. The molecule has 0 aliphatic carbocycles. The van der Waals surface area contributed by atoms with Gasteiger partial charge in [0.1, 0.15) is 11.5 Å². The highest BCUT2D eigenvalue weighted by Crippen LogP contribution is 2.13. The third-order valence-corrected chi connectivity index (χ3v) is 3.28. The number of hydrazone groups is 1. The first-order valence-corrected chi connectivity index (χ1v) is 7.81. The van der Waals surface area contributed by atoms with Crippen LogP contribution in [0.4, 0.5) is 0 Å². The lowest BCUT2D eigenvalue weighted by atomic mass is 10.1. The van der Waals surface area contributed by atoms with Crippen molar-refractivity contribution < 1.29 is 14.3 Å². The molecule has 0 spiro atoms. The van der Waals surface area contributed by atoms with Crippen LogP contribution in [0.15, 0.2) is 53.6 Å². The van der Waals surface area contributed by atoms with Crippen molar-refractivity contribution in [2.75, 3.05) is 13.2 Å². The second-order valence-electron chi connectivity index (χ2n) is 5.11. The molecule has 0 aliphatic rings. The average Bonchev–Trinajstić information content (AvgIpc) is 2.65. The third kappa shape index (κ3) is 5.66. The summed E-state index contributed by atoms with van der Waals surface area (Å²) >= 11 is 0. The molecule has 2 aromatic rings. The molecule has 0 radical (unpaired) electrons. The number of carbonyl (C=O) groups is 1. The van der Waals surface area contributed by atoms with Crippen molar-refractivity contribution in [2.24, 2.45) is 5.10 Å². The maximum absolute atomic E-state index is 11.8. The van der Waals surface area contributed by atoms with Gasteiger partial charge in [-0.25, -0.2) is 5.43 Å². The van der Waals surface area contributed by atoms with E-state index < -0.39 is 0 Å². The fraction of sp³-hybridized carbons (Fsp3) is 0.211. The quantitative estimate of drug-likeness (QED) is 0.622. The largest absolute Gasteiger partial charge is 0.494 e.